The van der Waals surface area contributed by atoms with Crippen molar-refractivity contribution in [3.05, 3.63) is 35.4 Å². The van der Waals surface area contributed by atoms with Crippen molar-refractivity contribution in [1.29, 1.82) is 0 Å². The summed E-state index contributed by atoms with van der Waals surface area (Å²) in [5.41, 5.74) is 6.44. The fourth-order valence-electron chi connectivity index (χ4n) is 2.33. The van der Waals surface area contributed by atoms with Crippen molar-refractivity contribution in [2.24, 2.45) is 11.7 Å². The van der Waals surface area contributed by atoms with Gasteiger partial charge in [0.05, 0.1) is 4.99 Å². The molecule has 98 valence electrons. The second-order valence-electron chi connectivity index (χ2n) is 4.73. The van der Waals surface area contributed by atoms with Crippen LogP contribution in [0.2, 0.25) is 0 Å². The first-order chi connectivity index (χ1) is 8.56. The van der Waals surface area contributed by atoms with Crippen LogP contribution in [0.1, 0.15) is 18.4 Å². The predicted molar refractivity (Wildman–Crippen MR) is 71.1 cm³/mol. The van der Waals surface area contributed by atoms with Crippen LogP contribution in [0.15, 0.2) is 18.2 Å². The van der Waals surface area contributed by atoms with E-state index in [0.29, 0.717) is 11.5 Å². The van der Waals surface area contributed by atoms with Gasteiger partial charge in [0.1, 0.15) is 0 Å². The van der Waals surface area contributed by atoms with E-state index in [-0.39, 0.29) is 5.92 Å². The molecule has 0 saturated carbocycles. The minimum atomic E-state index is -0.807. The van der Waals surface area contributed by atoms with E-state index in [1.807, 2.05) is 0 Å². The number of rotatable bonds is 3. The Morgan fingerprint density at radius 3 is 2.83 bits per heavy atom. The van der Waals surface area contributed by atoms with Crippen LogP contribution in [0.25, 0.3) is 0 Å². The molecule has 0 spiro atoms. The van der Waals surface area contributed by atoms with E-state index >= 15 is 0 Å². The minimum Gasteiger partial charge on any atom is -0.393 e. The molecule has 0 radical (unpaired) electrons. The van der Waals surface area contributed by atoms with Crippen LogP contribution in [-0.2, 0) is 6.54 Å². The highest BCUT2D eigenvalue weighted by Gasteiger charge is 2.21. The number of piperidine rings is 1. The van der Waals surface area contributed by atoms with Crippen LogP contribution in [0.5, 0.6) is 0 Å². The molecule has 1 aliphatic rings. The molecule has 1 fully saturated rings. The first-order valence-corrected chi connectivity index (χ1v) is 6.42. The molecule has 18 heavy (non-hydrogen) atoms. The number of nitrogens with two attached hydrogens (primary N) is 1. The molecule has 1 atom stereocenters. The number of benzene rings is 1. The lowest BCUT2D eigenvalue weighted by atomic mass is 9.97. The van der Waals surface area contributed by atoms with Crippen LogP contribution >= 0.6 is 12.2 Å². The maximum atomic E-state index is 13.1. The number of hydrogen-bond acceptors (Lipinski definition) is 2. The lowest BCUT2D eigenvalue weighted by Crippen LogP contribution is -2.40. The van der Waals surface area contributed by atoms with Gasteiger partial charge < -0.3 is 5.73 Å². The van der Waals surface area contributed by atoms with Gasteiger partial charge in [-0.2, -0.15) is 0 Å². The Morgan fingerprint density at radius 2 is 2.17 bits per heavy atom. The molecular formula is C13H16F2N2S. The molecule has 0 aliphatic carbocycles. The van der Waals surface area contributed by atoms with Crippen molar-refractivity contribution in [3.63, 3.8) is 0 Å². The SMILES string of the molecule is NC(=S)C1CCCN(Cc2ccc(F)c(F)c2)C1. The zero-order chi connectivity index (χ0) is 13.1. The first kappa shape index (κ1) is 13.4. The van der Waals surface area contributed by atoms with E-state index in [4.69, 9.17) is 18.0 Å². The van der Waals surface area contributed by atoms with Crippen molar-refractivity contribution in [3.8, 4) is 0 Å². The zero-order valence-corrected chi connectivity index (χ0v) is 10.9. The molecule has 1 unspecified atom stereocenters. The average Bonchev–Trinajstić information content (AvgIpc) is 2.34. The van der Waals surface area contributed by atoms with Gasteiger partial charge in [-0.15, -0.1) is 0 Å². The molecule has 0 amide bonds. The summed E-state index contributed by atoms with van der Waals surface area (Å²) in [5.74, 6) is -1.37. The van der Waals surface area contributed by atoms with Gasteiger partial charge in [0.15, 0.2) is 11.6 Å². The Balaban J connectivity index is 2.00. The van der Waals surface area contributed by atoms with Crippen LogP contribution in [0.4, 0.5) is 8.78 Å². The van der Waals surface area contributed by atoms with E-state index in [2.05, 4.69) is 4.90 Å². The minimum absolute atomic E-state index is 0.235. The predicted octanol–water partition coefficient (Wildman–Crippen LogP) is 2.46. The van der Waals surface area contributed by atoms with Crippen molar-refractivity contribution < 1.29 is 8.78 Å². The summed E-state index contributed by atoms with van der Waals surface area (Å²) in [6, 6.07) is 4.03. The Hall–Kier alpha value is -1.07. The van der Waals surface area contributed by atoms with Gasteiger partial charge in [-0.25, -0.2) is 8.78 Å². The highest BCUT2D eigenvalue weighted by Crippen LogP contribution is 2.19. The third kappa shape index (κ3) is 3.23. The van der Waals surface area contributed by atoms with Crippen molar-refractivity contribution >= 4 is 17.2 Å². The smallest absolute Gasteiger partial charge is 0.159 e. The monoisotopic (exact) mass is 270 g/mol. The first-order valence-electron chi connectivity index (χ1n) is 6.02. The maximum Gasteiger partial charge on any atom is 0.159 e. The van der Waals surface area contributed by atoms with Gasteiger partial charge in [-0.1, -0.05) is 18.3 Å². The summed E-state index contributed by atoms with van der Waals surface area (Å²) in [7, 11) is 0. The topological polar surface area (TPSA) is 29.3 Å². The molecule has 1 aromatic carbocycles. The van der Waals surface area contributed by atoms with E-state index in [1.54, 1.807) is 6.07 Å². The molecule has 1 aromatic rings. The van der Waals surface area contributed by atoms with Crippen LogP contribution in [0, 0.1) is 17.6 Å². The number of halogens is 2. The third-order valence-corrected chi connectivity index (χ3v) is 3.63. The maximum absolute atomic E-state index is 13.1. The van der Waals surface area contributed by atoms with E-state index in [1.165, 1.54) is 12.1 Å². The van der Waals surface area contributed by atoms with Gasteiger partial charge >= 0.3 is 0 Å². The van der Waals surface area contributed by atoms with Crippen molar-refractivity contribution in [2.75, 3.05) is 13.1 Å². The molecule has 2 nitrogen and oxygen atoms in total. The summed E-state index contributed by atoms with van der Waals surface area (Å²) in [6.07, 6.45) is 2.05. The Kier molecular flexibility index (Phi) is 4.24. The van der Waals surface area contributed by atoms with Crippen LogP contribution in [0.3, 0.4) is 0 Å². The summed E-state index contributed by atoms with van der Waals surface area (Å²) in [4.78, 5) is 2.73. The van der Waals surface area contributed by atoms with E-state index in [9.17, 15) is 8.78 Å². The van der Waals surface area contributed by atoms with E-state index in [0.717, 1.165) is 31.5 Å². The quantitative estimate of drug-likeness (QED) is 0.856. The highest BCUT2D eigenvalue weighted by molar-refractivity contribution is 7.80. The lowest BCUT2D eigenvalue weighted by molar-refractivity contribution is 0.197. The van der Waals surface area contributed by atoms with Crippen LogP contribution < -0.4 is 5.73 Å². The zero-order valence-electron chi connectivity index (χ0n) is 10.0. The van der Waals surface area contributed by atoms with Gasteiger partial charge in [-0.3, -0.25) is 4.90 Å². The summed E-state index contributed by atoms with van der Waals surface area (Å²) >= 11 is 5.01. The lowest BCUT2D eigenvalue weighted by Gasteiger charge is -2.32. The third-order valence-electron chi connectivity index (χ3n) is 3.30. The fourth-order valence-corrected chi connectivity index (χ4v) is 2.52. The largest absolute Gasteiger partial charge is 0.393 e. The van der Waals surface area contributed by atoms with Gasteiger partial charge in [0, 0.05) is 19.0 Å². The number of likely N-dealkylation sites (tertiary alicyclic amines) is 1. The molecule has 1 heterocycles. The Morgan fingerprint density at radius 1 is 1.39 bits per heavy atom. The van der Waals surface area contributed by atoms with Crippen LogP contribution in [-0.4, -0.2) is 23.0 Å². The molecule has 1 aliphatic heterocycles. The second kappa shape index (κ2) is 5.71. The summed E-state index contributed by atoms with van der Waals surface area (Å²) in [5, 5.41) is 0. The van der Waals surface area contributed by atoms with Gasteiger partial charge in [0.25, 0.3) is 0 Å². The second-order valence-corrected chi connectivity index (χ2v) is 5.20. The molecule has 0 bridgehead atoms. The van der Waals surface area contributed by atoms with Crippen molar-refractivity contribution in [1.82, 2.24) is 4.90 Å². The summed E-state index contributed by atoms with van der Waals surface area (Å²) in [6.45, 7) is 2.35. The molecule has 2 N–H and O–H groups in total. The standard InChI is InChI=1S/C13H16F2N2S/c14-11-4-3-9(6-12(11)15)7-17-5-1-2-10(8-17)13(16)18/h3-4,6,10H,1-2,5,7-8H2,(H2,16,18). The van der Waals surface area contributed by atoms with Gasteiger partial charge in [-0.05, 0) is 37.1 Å². The fraction of sp³-hybridized carbons (Fsp3) is 0.462. The number of hydrogen-bond donors (Lipinski definition) is 1. The molecule has 0 aromatic heterocycles. The molecule has 5 heteroatoms. The summed E-state index contributed by atoms with van der Waals surface area (Å²) < 4.78 is 25.9. The van der Waals surface area contributed by atoms with E-state index < -0.39 is 11.6 Å². The average molecular weight is 270 g/mol. The molecule has 2 rings (SSSR count). The Labute approximate surface area is 111 Å². The van der Waals surface area contributed by atoms with Gasteiger partial charge in [0.2, 0.25) is 0 Å². The molecular weight excluding hydrogens is 254 g/mol. The highest BCUT2D eigenvalue weighted by atomic mass is 32.1. The normalized spacial score (nSPS) is 20.9. The Bertz CT molecular complexity index is 451. The number of nitrogens with zero attached hydrogens (tertiary/aromatic N) is 1. The number of thiocarbonyl (C=S) groups is 1. The van der Waals surface area contributed by atoms with Crippen molar-refractivity contribution in [2.45, 2.75) is 19.4 Å². The molecule has 1 saturated heterocycles.